The number of allylic oxidation sites excluding steroid dienone is 1. The second kappa shape index (κ2) is 11.7. The van der Waals surface area contributed by atoms with Crippen LogP contribution in [0.15, 0.2) is 81.7 Å². The van der Waals surface area contributed by atoms with E-state index in [9.17, 15) is 9.59 Å². The first-order valence-corrected chi connectivity index (χ1v) is 14.7. The Bertz CT molecular complexity index is 1810. The van der Waals surface area contributed by atoms with Crippen LogP contribution in [0.1, 0.15) is 51.8 Å². The summed E-state index contributed by atoms with van der Waals surface area (Å²) in [5.41, 5.74) is 2.54. The Kier molecular flexibility index (Phi) is 8.13. The van der Waals surface area contributed by atoms with Crippen LogP contribution in [0.2, 0.25) is 0 Å². The van der Waals surface area contributed by atoms with Crippen molar-refractivity contribution >= 4 is 34.1 Å². The van der Waals surface area contributed by atoms with Crippen LogP contribution in [0.5, 0.6) is 11.5 Å². The van der Waals surface area contributed by atoms with Gasteiger partial charge in [-0.3, -0.25) is 14.2 Å². The minimum atomic E-state index is -0.704. The van der Waals surface area contributed by atoms with Crippen molar-refractivity contribution in [3.63, 3.8) is 0 Å². The number of likely N-dealkylation sites (N-methyl/N-ethyl adjacent to an activating group) is 1. The van der Waals surface area contributed by atoms with Gasteiger partial charge in [-0.2, -0.15) is 0 Å². The van der Waals surface area contributed by atoms with E-state index < -0.39 is 6.04 Å². The number of thiazole rings is 1. The van der Waals surface area contributed by atoms with E-state index in [1.807, 2.05) is 101 Å². The molecule has 2 heterocycles. The largest absolute Gasteiger partial charge is 0.496 e. The summed E-state index contributed by atoms with van der Waals surface area (Å²) >= 11 is 1.32. The number of hydrogen-bond donors (Lipinski definition) is 0. The number of methoxy groups -OCH3 is 1. The molecule has 1 aromatic heterocycles. The standard InChI is InChI=1S/C33H35N3O4S/c1-7-35(8-2)32(38)28-21(5)34-33-36(30(28)29-25-12-10-9-11-23(25)15-18-26(29)39-6)31(37)27(41-33)19-22-13-16-24(17-14-22)40-20(3)4/h9-20,30H,7-8H2,1-6H3/b27-19+/t30-/m1/s1. The zero-order valence-corrected chi connectivity index (χ0v) is 25.1. The lowest BCUT2D eigenvalue weighted by Gasteiger charge is -2.30. The molecule has 0 saturated carbocycles. The first-order chi connectivity index (χ1) is 19.8. The SMILES string of the molecule is CCN(CC)C(=O)C1=C(C)N=c2s/c(=C/c3ccc(OC(C)C)cc3)c(=O)n2[C@H]1c1c(OC)ccc2ccccc12. The normalized spacial score (nSPS) is 15.2. The van der Waals surface area contributed by atoms with Gasteiger partial charge in [-0.25, -0.2) is 4.99 Å². The Balaban J connectivity index is 1.77. The molecule has 4 aromatic rings. The predicted molar refractivity (Wildman–Crippen MR) is 164 cm³/mol. The molecule has 0 unspecified atom stereocenters. The van der Waals surface area contributed by atoms with Crippen molar-refractivity contribution in [1.82, 2.24) is 9.47 Å². The van der Waals surface area contributed by atoms with Gasteiger partial charge in [-0.1, -0.05) is 53.8 Å². The molecular weight excluding hydrogens is 534 g/mol. The molecule has 3 aromatic carbocycles. The molecule has 41 heavy (non-hydrogen) atoms. The summed E-state index contributed by atoms with van der Waals surface area (Å²) in [4.78, 5) is 35.4. The third kappa shape index (κ3) is 5.32. The monoisotopic (exact) mass is 569 g/mol. The minimum Gasteiger partial charge on any atom is -0.496 e. The summed E-state index contributed by atoms with van der Waals surface area (Å²) in [6, 6.07) is 18.8. The lowest BCUT2D eigenvalue weighted by Crippen LogP contribution is -2.43. The molecule has 0 N–H and O–H groups in total. The van der Waals surface area contributed by atoms with Gasteiger partial charge in [0.1, 0.15) is 17.5 Å². The smallest absolute Gasteiger partial charge is 0.271 e. The Labute approximate surface area is 243 Å². The van der Waals surface area contributed by atoms with Crippen LogP contribution in [-0.2, 0) is 4.79 Å². The first-order valence-electron chi connectivity index (χ1n) is 13.9. The number of carbonyl (C=O) groups excluding carboxylic acids is 1. The van der Waals surface area contributed by atoms with Crippen LogP contribution in [0.25, 0.3) is 16.8 Å². The molecular formula is C33H35N3O4S. The second-order valence-corrected chi connectivity index (χ2v) is 11.2. The van der Waals surface area contributed by atoms with Crippen molar-refractivity contribution in [2.24, 2.45) is 4.99 Å². The topological polar surface area (TPSA) is 73.1 Å². The van der Waals surface area contributed by atoms with Crippen LogP contribution in [0.4, 0.5) is 0 Å². The highest BCUT2D eigenvalue weighted by Gasteiger charge is 2.36. The van der Waals surface area contributed by atoms with E-state index in [4.69, 9.17) is 14.5 Å². The number of benzene rings is 3. The summed E-state index contributed by atoms with van der Waals surface area (Å²) in [7, 11) is 1.62. The lowest BCUT2D eigenvalue weighted by molar-refractivity contribution is -0.127. The Morgan fingerprint density at radius 1 is 1.07 bits per heavy atom. The number of nitrogens with zero attached hydrogens (tertiary/aromatic N) is 3. The van der Waals surface area contributed by atoms with Crippen molar-refractivity contribution in [2.45, 2.75) is 46.8 Å². The van der Waals surface area contributed by atoms with Gasteiger partial charge in [0.2, 0.25) is 0 Å². The molecule has 5 rings (SSSR count). The zero-order chi connectivity index (χ0) is 29.3. The molecule has 0 spiro atoms. The molecule has 8 heteroatoms. The van der Waals surface area contributed by atoms with E-state index in [1.165, 1.54) is 11.3 Å². The second-order valence-electron chi connectivity index (χ2n) is 10.2. The molecule has 1 aliphatic rings. The molecule has 0 bridgehead atoms. The van der Waals surface area contributed by atoms with E-state index >= 15 is 0 Å². The number of rotatable bonds is 8. The molecule has 1 amide bonds. The fraction of sp³-hybridized carbons (Fsp3) is 0.303. The van der Waals surface area contributed by atoms with Crippen molar-refractivity contribution in [2.75, 3.05) is 20.2 Å². The van der Waals surface area contributed by atoms with Crippen LogP contribution in [0.3, 0.4) is 0 Å². The Morgan fingerprint density at radius 2 is 1.78 bits per heavy atom. The number of hydrogen-bond acceptors (Lipinski definition) is 6. The van der Waals surface area contributed by atoms with E-state index in [2.05, 4.69) is 0 Å². The summed E-state index contributed by atoms with van der Waals surface area (Å²) in [5.74, 6) is 1.26. The van der Waals surface area contributed by atoms with Gasteiger partial charge < -0.3 is 14.4 Å². The molecule has 0 aliphatic carbocycles. The molecule has 1 aliphatic heterocycles. The van der Waals surface area contributed by atoms with Gasteiger partial charge in [0.15, 0.2) is 4.80 Å². The Morgan fingerprint density at radius 3 is 2.44 bits per heavy atom. The molecule has 1 atom stereocenters. The highest BCUT2D eigenvalue weighted by atomic mass is 32.1. The van der Waals surface area contributed by atoms with Gasteiger partial charge in [0.25, 0.3) is 11.5 Å². The maximum Gasteiger partial charge on any atom is 0.271 e. The third-order valence-corrected chi connectivity index (χ3v) is 8.26. The number of ether oxygens (including phenoxy) is 2. The highest BCUT2D eigenvalue weighted by molar-refractivity contribution is 7.07. The average Bonchev–Trinajstić information content (AvgIpc) is 3.26. The molecule has 0 saturated heterocycles. The molecule has 212 valence electrons. The van der Waals surface area contributed by atoms with Crippen LogP contribution < -0.4 is 24.4 Å². The first kappa shape index (κ1) is 28.4. The van der Waals surface area contributed by atoms with Gasteiger partial charge in [0.05, 0.1) is 29.0 Å². The summed E-state index contributed by atoms with van der Waals surface area (Å²) in [6.07, 6.45) is 1.94. The average molecular weight is 570 g/mol. The van der Waals surface area contributed by atoms with Gasteiger partial charge >= 0.3 is 0 Å². The lowest BCUT2D eigenvalue weighted by atomic mass is 9.90. The fourth-order valence-electron chi connectivity index (χ4n) is 5.35. The van der Waals surface area contributed by atoms with E-state index in [0.29, 0.717) is 39.4 Å². The van der Waals surface area contributed by atoms with Crippen LogP contribution in [0, 0.1) is 0 Å². The fourth-order valence-corrected chi connectivity index (χ4v) is 6.40. The predicted octanol–water partition coefficient (Wildman–Crippen LogP) is 5.05. The maximum absolute atomic E-state index is 14.2. The number of fused-ring (bicyclic) bond motifs is 2. The van der Waals surface area contributed by atoms with E-state index in [0.717, 1.165) is 27.6 Å². The molecule has 0 radical (unpaired) electrons. The zero-order valence-electron chi connectivity index (χ0n) is 24.3. The number of amides is 1. The van der Waals surface area contributed by atoms with Crippen LogP contribution in [-0.4, -0.2) is 41.7 Å². The van der Waals surface area contributed by atoms with E-state index in [1.54, 1.807) is 16.6 Å². The summed E-state index contributed by atoms with van der Waals surface area (Å²) in [5, 5.41) is 1.92. The van der Waals surface area contributed by atoms with Crippen molar-refractivity contribution < 1.29 is 14.3 Å². The van der Waals surface area contributed by atoms with Gasteiger partial charge in [0, 0.05) is 18.7 Å². The van der Waals surface area contributed by atoms with Crippen LogP contribution >= 0.6 is 11.3 Å². The summed E-state index contributed by atoms with van der Waals surface area (Å²) < 4.78 is 13.8. The van der Waals surface area contributed by atoms with Gasteiger partial charge in [-0.05, 0) is 75.2 Å². The third-order valence-electron chi connectivity index (χ3n) is 7.28. The highest BCUT2D eigenvalue weighted by Crippen LogP contribution is 2.40. The Hall–Kier alpha value is -4.17. The van der Waals surface area contributed by atoms with Crippen molar-refractivity contribution in [3.05, 3.63) is 103 Å². The minimum absolute atomic E-state index is 0.0760. The maximum atomic E-state index is 14.2. The number of carbonyl (C=O) groups is 1. The van der Waals surface area contributed by atoms with Crippen molar-refractivity contribution in [3.8, 4) is 11.5 Å². The quantitative estimate of drug-likeness (QED) is 0.298. The van der Waals surface area contributed by atoms with Crippen molar-refractivity contribution in [1.29, 1.82) is 0 Å². The summed E-state index contributed by atoms with van der Waals surface area (Å²) in [6.45, 7) is 10.8. The number of aromatic nitrogens is 1. The molecule has 0 fully saturated rings. The molecule has 7 nitrogen and oxygen atoms in total. The van der Waals surface area contributed by atoms with Gasteiger partial charge in [-0.15, -0.1) is 0 Å². The van der Waals surface area contributed by atoms with E-state index in [-0.39, 0.29) is 17.6 Å².